The molecule has 40 valence electrons. The first-order valence-corrected chi connectivity index (χ1v) is 27.0. The van der Waals surface area contributed by atoms with Crippen LogP contribution in [-0.4, -0.2) is 80.7 Å². The van der Waals surface area contributed by atoms with E-state index in [4.69, 9.17) is 0 Å². The summed E-state index contributed by atoms with van der Waals surface area (Å²) < 4.78 is 0. The van der Waals surface area contributed by atoms with E-state index in [1.165, 1.54) is 0 Å². The molecule has 4 aliphatic rings. The van der Waals surface area contributed by atoms with E-state index in [0.717, 1.165) is 0 Å². The summed E-state index contributed by atoms with van der Waals surface area (Å²) in [6.07, 6.45) is 0. The Kier molecular flexibility index (Phi) is 2.15. The molecule has 0 aliphatic carbocycles. The Balaban J connectivity index is 1.90. The van der Waals surface area contributed by atoms with Crippen LogP contribution in [0.25, 0.3) is 0 Å². The molecular formula is Si10. The van der Waals surface area contributed by atoms with Gasteiger partial charge in [0.25, 0.3) is 0 Å². The summed E-state index contributed by atoms with van der Waals surface area (Å²) in [6, 6.07) is 0. The summed E-state index contributed by atoms with van der Waals surface area (Å²) in [5.74, 6) is 0. The molecule has 4 bridgehead atoms. The molecule has 10 heavy (non-hydrogen) atoms. The van der Waals surface area contributed by atoms with Gasteiger partial charge in [0.1, 0.15) is 0 Å². The van der Waals surface area contributed by atoms with Gasteiger partial charge >= 0.3 is 0 Å². The fraction of sp³-hybridized carbons (Fsp3) is 0. The monoisotopic (exact) mass is 280 g/mol. The van der Waals surface area contributed by atoms with E-state index in [2.05, 4.69) is 0 Å². The quantitative estimate of drug-likeness (QED) is 0.399. The molecule has 0 spiro atoms. The lowest BCUT2D eigenvalue weighted by atomic mass is 25.6. The van der Waals surface area contributed by atoms with E-state index in [1.54, 1.807) is 51.3 Å². The Hall–Kier alpha value is 2.17. The molecule has 16 radical (unpaired) electrons. The minimum atomic E-state index is 0.492. The molecule has 0 saturated carbocycles. The van der Waals surface area contributed by atoms with Gasteiger partial charge in [-0.2, -0.15) is 0 Å². The summed E-state index contributed by atoms with van der Waals surface area (Å²) in [6.45, 7) is 0. The highest BCUT2D eigenvalue weighted by Crippen LogP contribution is 2.08. The van der Waals surface area contributed by atoms with Crippen LogP contribution in [0.4, 0.5) is 0 Å². The maximum absolute atomic E-state index is 1.68. The Labute approximate surface area is 80.2 Å². The largest absolute Gasteiger partial charge is 0 e. The second kappa shape index (κ2) is 2.84. The Bertz CT molecular complexity index is 91.6. The zero-order chi connectivity index (χ0) is 6.55. The molecule has 0 unspecified atom stereocenters. The van der Waals surface area contributed by atoms with Crippen LogP contribution in [0.1, 0.15) is 0 Å². The predicted octanol–water partition coefficient (Wildman–Crippen LogP) is -3.81. The van der Waals surface area contributed by atoms with Crippen LogP contribution in [0.15, 0.2) is 0 Å². The third-order valence-corrected chi connectivity index (χ3v) is 122. The third-order valence-electron chi connectivity index (χ3n) is 1.50. The standard InChI is InChI=1S/Si10/c1-7-2-9-4-8(1)5-10(3-7)6-9. The summed E-state index contributed by atoms with van der Waals surface area (Å²) >= 11 is 0. The van der Waals surface area contributed by atoms with Crippen LogP contribution in [-0.2, 0) is 0 Å². The van der Waals surface area contributed by atoms with Crippen molar-refractivity contribution in [1.29, 1.82) is 0 Å². The Morgan fingerprint density at radius 2 is 0.600 bits per heavy atom. The van der Waals surface area contributed by atoms with Gasteiger partial charge in [-0.25, -0.2) is 0 Å². The lowest BCUT2D eigenvalue weighted by Crippen LogP contribution is -2.83. The van der Waals surface area contributed by atoms with Crippen LogP contribution in [0.3, 0.4) is 0 Å². The normalized spacial score (nSPS) is 36.0. The van der Waals surface area contributed by atoms with Crippen LogP contribution in [0.5, 0.6) is 0 Å². The molecule has 4 fully saturated rings. The number of rotatable bonds is 0. The van der Waals surface area contributed by atoms with Crippen molar-refractivity contribution in [1.82, 2.24) is 0 Å². The van der Waals surface area contributed by atoms with Crippen molar-refractivity contribution >= 4 is 80.7 Å². The van der Waals surface area contributed by atoms with Gasteiger partial charge in [0.15, 0.2) is 0 Å². The van der Waals surface area contributed by atoms with E-state index in [1.807, 2.05) is 0 Å². The highest BCUT2D eigenvalue weighted by atomic mass is 30.5. The van der Waals surface area contributed by atoms with Gasteiger partial charge in [0.05, 0.1) is 0 Å². The Morgan fingerprint density at radius 1 is 0.400 bits per heavy atom. The van der Waals surface area contributed by atoms with E-state index in [-0.39, 0.29) is 0 Å². The smallest absolute Gasteiger partial charge is 0 e. The zero-order valence-corrected chi connectivity index (χ0v) is 15.0. The predicted molar refractivity (Wildman–Crippen MR) is 57.5 cm³/mol. The molecule has 10 heteroatoms. The molecule has 0 aromatic carbocycles. The second-order valence-electron chi connectivity index (χ2n) is 2.25. The maximum Gasteiger partial charge on any atom is 0 e. The molecule has 0 aromatic heterocycles. The third kappa shape index (κ3) is 1.25. The average Bonchev–Trinajstić information content (AvgIpc) is 1.82. The lowest BCUT2D eigenvalue weighted by molar-refractivity contribution is 3.31. The molecule has 0 aromatic rings. The van der Waals surface area contributed by atoms with Crippen molar-refractivity contribution in [2.24, 2.45) is 0 Å². The average molecular weight is 281 g/mol. The topological polar surface area (TPSA) is 0 Å². The minimum Gasteiger partial charge on any atom is 0 e. The molecule has 0 atom stereocenters. The van der Waals surface area contributed by atoms with Crippen LogP contribution in [0.2, 0.25) is 0 Å². The molecule has 4 rings (SSSR count). The SMILES string of the molecule is [Si]1[Si]2[Si][Si]3[Si][Si]1[Si][Si]([Si]2)[Si]3. The molecule has 0 amide bonds. The number of hydrogen-bond donors (Lipinski definition) is 0. The van der Waals surface area contributed by atoms with Gasteiger partial charge in [-0.15, -0.1) is 0 Å². The van der Waals surface area contributed by atoms with Crippen LogP contribution < -0.4 is 0 Å². The van der Waals surface area contributed by atoms with Crippen molar-refractivity contribution in [3.05, 3.63) is 0 Å². The van der Waals surface area contributed by atoms with Gasteiger partial charge in [-0.3, -0.25) is 0 Å². The molecule has 0 nitrogen and oxygen atoms in total. The van der Waals surface area contributed by atoms with Gasteiger partial charge in [0.2, 0.25) is 0 Å². The highest BCUT2D eigenvalue weighted by molar-refractivity contribution is 8.21. The van der Waals surface area contributed by atoms with Crippen molar-refractivity contribution < 1.29 is 0 Å². The molecule has 4 aliphatic heterocycles. The highest BCUT2D eigenvalue weighted by Gasteiger charge is 2.46. The van der Waals surface area contributed by atoms with E-state index in [0.29, 0.717) is 29.4 Å². The summed E-state index contributed by atoms with van der Waals surface area (Å²) in [5.41, 5.74) is 0. The van der Waals surface area contributed by atoms with Crippen LogP contribution in [0, 0.1) is 0 Å². The van der Waals surface area contributed by atoms with Gasteiger partial charge < -0.3 is 0 Å². The maximum atomic E-state index is 1.68. The first-order chi connectivity index (χ1) is 4.90. The van der Waals surface area contributed by atoms with Crippen molar-refractivity contribution in [3.63, 3.8) is 0 Å². The molecule has 4 heterocycles. The first-order valence-electron chi connectivity index (χ1n) is 3.00. The lowest BCUT2D eigenvalue weighted by Gasteiger charge is -2.45. The van der Waals surface area contributed by atoms with E-state index >= 15 is 0 Å². The number of hydrogen-bond acceptors (Lipinski definition) is 0. The Morgan fingerprint density at radius 3 is 0.800 bits per heavy atom. The van der Waals surface area contributed by atoms with Gasteiger partial charge in [-0.05, 0) is 0 Å². The van der Waals surface area contributed by atoms with Gasteiger partial charge in [0, 0.05) is 80.7 Å². The summed E-state index contributed by atoms with van der Waals surface area (Å²) in [5, 5.41) is 0. The van der Waals surface area contributed by atoms with Crippen molar-refractivity contribution in [3.8, 4) is 0 Å². The fourth-order valence-electron chi connectivity index (χ4n) is 1.12. The van der Waals surface area contributed by atoms with Crippen molar-refractivity contribution in [2.75, 3.05) is 0 Å². The molecule has 4 saturated heterocycles. The zero-order valence-electron chi connectivity index (χ0n) is 5.00. The van der Waals surface area contributed by atoms with Crippen LogP contribution >= 0.6 is 0 Å². The van der Waals surface area contributed by atoms with Gasteiger partial charge in [-0.1, -0.05) is 0 Å². The summed E-state index contributed by atoms with van der Waals surface area (Å²) in [7, 11) is 12.0. The minimum absolute atomic E-state index is 0.492. The van der Waals surface area contributed by atoms with E-state index in [9.17, 15) is 0 Å². The second-order valence-corrected chi connectivity index (χ2v) is 60.8. The summed E-state index contributed by atoms with van der Waals surface area (Å²) in [4.78, 5) is 0. The molecular weight excluding hydrogens is 281 g/mol. The first kappa shape index (κ1) is 7.56. The molecule has 0 N–H and O–H groups in total. The fourth-order valence-corrected chi connectivity index (χ4v) is 273. The van der Waals surface area contributed by atoms with Crippen molar-refractivity contribution in [2.45, 2.75) is 0 Å². The van der Waals surface area contributed by atoms with E-state index < -0.39 is 0 Å².